The van der Waals surface area contributed by atoms with E-state index in [1.165, 1.54) is 9.18 Å². The summed E-state index contributed by atoms with van der Waals surface area (Å²) in [5.74, 6) is 0. The second kappa shape index (κ2) is 4.72. The summed E-state index contributed by atoms with van der Waals surface area (Å²) in [5.41, 5.74) is 2.01. The maximum Gasteiger partial charge on any atom is 0.277 e. The molecule has 0 fully saturated rings. The summed E-state index contributed by atoms with van der Waals surface area (Å²) in [6.07, 6.45) is 0.729. The van der Waals surface area contributed by atoms with E-state index in [0.29, 0.717) is 6.54 Å². The molecule has 0 bridgehead atoms. The van der Waals surface area contributed by atoms with Crippen molar-refractivity contribution in [2.75, 3.05) is 6.54 Å². The molecule has 1 aromatic carbocycles. The Morgan fingerprint density at radius 3 is 2.63 bits per heavy atom. The molecular weight excluding hydrogens is 280 g/mol. The van der Waals surface area contributed by atoms with E-state index in [9.17, 15) is 8.42 Å². The highest BCUT2D eigenvalue weighted by atomic mass is 32.2. The molecule has 0 saturated heterocycles. The predicted octanol–water partition coefficient (Wildman–Crippen LogP) is 1.90. The van der Waals surface area contributed by atoms with Crippen LogP contribution in [0.4, 0.5) is 0 Å². The zero-order valence-corrected chi connectivity index (χ0v) is 11.8. The van der Waals surface area contributed by atoms with E-state index in [4.69, 9.17) is 5.14 Å². The number of hydrogen-bond donors (Lipinski definition) is 1. The molecule has 100 valence electrons. The van der Waals surface area contributed by atoms with Crippen LogP contribution in [0.15, 0.2) is 41.8 Å². The summed E-state index contributed by atoms with van der Waals surface area (Å²) in [6.45, 7) is 0.436. The summed E-state index contributed by atoms with van der Waals surface area (Å²) < 4.78 is 25.0. The fraction of sp³-hybridized carbons (Fsp3) is 0.231. The smallest absolute Gasteiger partial charge is 0.216 e. The van der Waals surface area contributed by atoms with Gasteiger partial charge in [0.1, 0.15) is 0 Å². The highest BCUT2D eigenvalue weighted by Crippen LogP contribution is 2.38. The zero-order chi connectivity index (χ0) is 13.5. The summed E-state index contributed by atoms with van der Waals surface area (Å²) >= 11 is 1.67. The SMILES string of the molecule is NS(=O)(=O)N1CCc2sccc2[C@@H]1c1ccccc1. The van der Waals surface area contributed by atoms with Crippen LogP contribution in [-0.2, 0) is 16.6 Å². The second-order valence-corrected chi connectivity index (χ2v) is 7.02. The van der Waals surface area contributed by atoms with Gasteiger partial charge >= 0.3 is 0 Å². The van der Waals surface area contributed by atoms with E-state index in [0.717, 1.165) is 17.5 Å². The number of hydrogen-bond acceptors (Lipinski definition) is 3. The molecule has 3 rings (SSSR count). The van der Waals surface area contributed by atoms with Crippen molar-refractivity contribution < 1.29 is 8.42 Å². The van der Waals surface area contributed by atoms with E-state index in [1.54, 1.807) is 11.3 Å². The number of thiophene rings is 1. The molecule has 1 aliphatic heterocycles. The largest absolute Gasteiger partial charge is 0.277 e. The molecule has 0 spiro atoms. The van der Waals surface area contributed by atoms with E-state index in [2.05, 4.69) is 0 Å². The van der Waals surface area contributed by atoms with Crippen LogP contribution in [0, 0.1) is 0 Å². The van der Waals surface area contributed by atoms with Gasteiger partial charge in [-0.15, -0.1) is 11.3 Å². The first-order chi connectivity index (χ1) is 9.07. The third-order valence-electron chi connectivity index (χ3n) is 3.36. The first-order valence-electron chi connectivity index (χ1n) is 5.98. The highest BCUT2D eigenvalue weighted by Gasteiger charge is 2.35. The van der Waals surface area contributed by atoms with Crippen LogP contribution < -0.4 is 5.14 Å². The Balaban J connectivity index is 2.15. The Hall–Kier alpha value is -1.21. The summed E-state index contributed by atoms with van der Waals surface area (Å²) in [7, 11) is -3.71. The summed E-state index contributed by atoms with van der Waals surface area (Å²) in [5, 5.41) is 7.37. The van der Waals surface area contributed by atoms with E-state index in [-0.39, 0.29) is 6.04 Å². The Morgan fingerprint density at radius 2 is 1.95 bits per heavy atom. The van der Waals surface area contributed by atoms with Gasteiger partial charge in [-0.1, -0.05) is 30.3 Å². The second-order valence-electron chi connectivity index (χ2n) is 4.52. The molecule has 1 aromatic heterocycles. The van der Waals surface area contributed by atoms with Gasteiger partial charge in [0.25, 0.3) is 10.2 Å². The number of rotatable bonds is 2. The van der Waals surface area contributed by atoms with Crippen LogP contribution in [-0.4, -0.2) is 19.3 Å². The van der Waals surface area contributed by atoms with Gasteiger partial charge in [0.05, 0.1) is 6.04 Å². The van der Waals surface area contributed by atoms with Crippen LogP contribution in [0.1, 0.15) is 22.0 Å². The normalized spacial score (nSPS) is 20.2. The highest BCUT2D eigenvalue weighted by molar-refractivity contribution is 7.86. The maximum atomic E-state index is 11.8. The van der Waals surface area contributed by atoms with Gasteiger partial charge in [0.2, 0.25) is 0 Å². The van der Waals surface area contributed by atoms with Crippen LogP contribution >= 0.6 is 11.3 Å². The number of nitrogens with zero attached hydrogens (tertiary/aromatic N) is 1. The Kier molecular flexibility index (Phi) is 3.18. The summed E-state index contributed by atoms with van der Waals surface area (Å²) in [6, 6.07) is 11.3. The standard InChI is InChI=1S/C13H14N2O2S2/c14-19(16,17)15-8-6-12-11(7-9-18-12)13(15)10-4-2-1-3-5-10/h1-5,7,9,13H,6,8H2,(H2,14,16,17)/t13-/m0/s1. The lowest BCUT2D eigenvalue weighted by Gasteiger charge is -2.33. The lowest BCUT2D eigenvalue weighted by molar-refractivity contribution is 0.347. The quantitative estimate of drug-likeness (QED) is 0.919. The maximum absolute atomic E-state index is 11.8. The van der Waals surface area contributed by atoms with Gasteiger partial charge in [-0.2, -0.15) is 12.7 Å². The van der Waals surface area contributed by atoms with Crippen LogP contribution in [0.25, 0.3) is 0 Å². The minimum Gasteiger partial charge on any atom is -0.216 e. The van der Waals surface area contributed by atoms with Gasteiger partial charge < -0.3 is 0 Å². The van der Waals surface area contributed by atoms with E-state index in [1.807, 2.05) is 41.8 Å². The lowest BCUT2D eigenvalue weighted by Crippen LogP contribution is -2.43. The van der Waals surface area contributed by atoms with Crippen LogP contribution in [0.3, 0.4) is 0 Å². The first-order valence-corrected chi connectivity index (χ1v) is 8.36. The van der Waals surface area contributed by atoms with Crippen molar-refractivity contribution in [2.45, 2.75) is 12.5 Å². The third kappa shape index (κ3) is 2.32. The summed E-state index contributed by atoms with van der Waals surface area (Å²) in [4.78, 5) is 1.24. The van der Waals surface area contributed by atoms with E-state index < -0.39 is 10.2 Å². The van der Waals surface area contributed by atoms with Crippen molar-refractivity contribution in [3.63, 3.8) is 0 Å². The molecular formula is C13H14N2O2S2. The fourth-order valence-electron chi connectivity index (χ4n) is 2.55. The van der Waals surface area contributed by atoms with Gasteiger partial charge in [-0.25, -0.2) is 5.14 Å². The van der Waals surface area contributed by atoms with Crippen molar-refractivity contribution in [3.05, 3.63) is 57.8 Å². The van der Waals surface area contributed by atoms with Gasteiger partial charge in [0, 0.05) is 11.4 Å². The molecule has 2 heterocycles. The average Bonchev–Trinajstić information content (AvgIpc) is 2.85. The fourth-order valence-corrected chi connectivity index (χ4v) is 4.33. The topological polar surface area (TPSA) is 63.4 Å². The third-order valence-corrected chi connectivity index (χ3v) is 5.41. The average molecular weight is 294 g/mol. The van der Waals surface area contributed by atoms with Gasteiger partial charge in [-0.3, -0.25) is 0 Å². The number of nitrogens with two attached hydrogens (primary N) is 1. The van der Waals surface area contributed by atoms with Gasteiger partial charge in [0.15, 0.2) is 0 Å². The molecule has 2 aromatic rings. The Morgan fingerprint density at radius 1 is 1.21 bits per heavy atom. The molecule has 0 radical (unpaired) electrons. The number of benzene rings is 1. The first kappa shape index (κ1) is 12.8. The molecule has 4 nitrogen and oxygen atoms in total. The van der Waals surface area contributed by atoms with Crippen molar-refractivity contribution in [1.82, 2.24) is 4.31 Å². The van der Waals surface area contributed by atoms with Crippen molar-refractivity contribution in [3.8, 4) is 0 Å². The van der Waals surface area contributed by atoms with Crippen molar-refractivity contribution in [2.24, 2.45) is 5.14 Å². The van der Waals surface area contributed by atoms with Gasteiger partial charge in [-0.05, 0) is 29.0 Å². The Labute approximate surface area is 116 Å². The molecule has 6 heteroatoms. The predicted molar refractivity (Wildman–Crippen MR) is 76.1 cm³/mol. The lowest BCUT2D eigenvalue weighted by atomic mass is 9.95. The van der Waals surface area contributed by atoms with Crippen molar-refractivity contribution >= 4 is 21.5 Å². The van der Waals surface area contributed by atoms with Crippen molar-refractivity contribution in [1.29, 1.82) is 0 Å². The molecule has 19 heavy (non-hydrogen) atoms. The molecule has 0 unspecified atom stereocenters. The molecule has 2 N–H and O–H groups in total. The molecule has 0 saturated carbocycles. The molecule has 0 amide bonds. The minimum absolute atomic E-state index is 0.300. The van der Waals surface area contributed by atoms with E-state index >= 15 is 0 Å². The molecule has 0 aliphatic carbocycles. The molecule has 1 atom stereocenters. The zero-order valence-electron chi connectivity index (χ0n) is 10.2. The van der Waals surface area contributed by atoms with Crippen LogP contribution in [0.5, 0.6) is 0 Å². The number of fused-ring (bicyclic) bond motifs is 1. The Bertz CT molecular complexity index is 680. The minimum atomic E-state index is -3.71. The monoisotopic (exact) mass is 294 g/mol. The molecule has 1 aliphatic rings. The van der Waals surface area contributed by atoms with Crippen LogP contribution in [0.2, 0.25) is 0 Å².